The van der Waals surface area contributed by atoms with Crippen LogP contribution in [0.3, 0.4) is 0 Å². The van der Waals surface area contributed by atoms with Crippen LogP contribution in [0.5, 0.6) is 0 Å². The highest BCUT2D eigenvalue weighted by atomic mass is 16.3. The summed E-state index contributed by atoms with van der Waals surface area (Å²) in [5.41, 5.74) is 1.78. The molecule has 0 saturated carbocycles. The van der Waals surface area contributed by atoms with Crippen molar-refractivity contribution in [1.29, 1.82) is 0 Å². The Hall–Kier alpha value is -0.860. The summed E-state index contributed by atoms with van der Waals surface area (Å²) in [6.45, 7) is 9.01. The fourth-order valence-electron chi connectivity index (χ4n) is 3.09. The van der Waals surface area contributed by atoms with E-state index in [0.29, 0.717) is 5.41 Å². The van der Waals surface area contributed by atoms with Gasteiger partial charge < -0.3 is 5.11 Å². The zero-order valence-corrected chi connectivity index (χ0v) is 16.3. The lowest BCUT2D eigenvalue weighted by Crippen LogP contribution is -2.25. The van der Waals surface area contributed by atoms with E-state index in [1.165, 1.54) is 63.4 Å². The lowest BCUT2D eigenvalue weighted by Gasteiger charge is -2.19. The van der Waals surface area contributed by atoms with Gasteiger partial charge in [0.05, 0.1) is 6.73 Å². The molecule has 0 aliphatic rings. The van der Waals surface area contributed by atoms with Crippen molar-refractivity contribution < 1.29 is 5.11 Å². The molecule has 1 aromatic rings. The molecule has 1 rings (SSSR count). The molecule has 0 aromatic heterocycles. The molecular formula is C22H39NO. The van der Waals surface area contributed by atoms with Gasteiger partial charge in [-0.1, -0.05) is 96.0 Å². The number of nitrogens with zero attached hydrogens (tertiary/aromatic N) is 1. The third-order valence-electron chi connectivity index (χ3n) is 4.60. The fourth-order valence-corrected chi connectivity index (χ4v) is 3.09. The van der Waals surface area contributed by atoms with Crippen molar-refractivity contribution in [2.75, 3.05) is 13.3 Å². The summed E-state index contributed by atoms with van der Waals surface area (Å²) in [6, 6.07) is 10.4. The summed E-state index contributed by atoms with van der Waals surface area (Å²) in [7, 11) is 0. The fraction of sp³-hybridized carbons (Fsp3) is 0.727. The van der Waals surface area contributed by atoms with Crippen LogP contribution in [-0.4, -0.2) is 23.3 Å². The van der Waals surface area contributed by atoms with Crippen LogP contribution in [0.25, 0.3) is 0 Å². The van der Waals surface area contributed by atoms with Crippen LogP contribution in [0.2, 0.25) is 0 Å². The van der Waals surface area contributed by atoms with Gasteiger partial charge in [-0.3, -0.25) is 4.90 Å². The third kappa shape index (κ3) is 11.6. The number of hydrogen-bond donors (Lipinski definition) is 1. The number of aliphatic hydroxyl groups excluding tert-OH is 1. The lowest BCUT2D eigenvalue weighted by atomic mass is 9.89. The zero-order valence-electron chi connectivity index (χ0n) is 16.3. The molecular weight excluding hydrogens is 294 g/mol. The van der Waals surface area contributed by atoms with Crippen molar-refractivity contribution in [1.82, 2.24) is 4.90 Å². The Morgan fingerprint density at radius 2 is 1.33 bits per heavy atom. The number of unbranched alkanes of at least 4 members (excludes halogenated alkanes) is 7. The minimum atomic E-state index is 0.155. The van der Waals surface area contributed by atoms with Crippen molar-refractivity contribution in [2.24, 2.45) is 5.41 Å². The summed E-state index contributed by atoms with van der Waals surface area (Å²) < 4.78 is 0. The second kappa shape index (κ2) is 12.5. The molecule has 0 bridgehead atoms. The largest absolute Gasteiger partial charge is 0.381 e. The lowest BCUT2D eigenvalue weighted by molar-refractivity contribution is 0.0986. The summed E-state index contributed by atoms with van der Waals surface area (Å²) in [5.74, 6) is 0. The number of rotatable bonds is 13. The van der Waals surface area contributed by atoms with E-state index in [4.69, 9.17) is 0 Å². The van der Waals surface area contributed by atoms with Gasteiger partial charge in [-0.2, -0.15) is 0 Å². The SMILES string of the molecule is CC(C)(C)CCCCCCCCCCN(CO)Cc1ccccc1. The molecule has 0 saturated heterocycles. The van der Waals surface area contributed by atoms with Crippen LogP contribution in [0.1, 0.15) is 84.1 Å². The first-order valence-corrected chi connectivity index (χ1v) is 9.88. The molecule has 0 radical (unpaired) electrons. The molecule has 0 aliphatic heterocycles. The molecule has 2 nitrogen and oxygen atoms in total. The van der Waals surface area contributed by atoms with Crippen LogP contribution < -0.4 is 0 Å². The number of aliphatic hydroxyl groups is 1. The van der Waals surface area contributed by atoms with Gasteiger partial charge in [0, 0.05) is 13.1 Å². The topological polar surface area (TPSA) is 23.5 Å². The Balaban J connectivity index is 1.95. The van der Waals surface area contributed by atoms with Crippen molar-refractivity contribution >= 4 is 0 Å². The van der Waals surface area contributed by atoms with Gasteiger partial charge in [0.1, 0.15) is 0 Å². The van der Waals surface area contributed by atoms with E-state index in [1.807, 2.05) is 6.07 Å². The smallest absolute Gasteiger partial charge is 0.0959 e. The number of benzene rings is 1. The molecule has 0 atom stereocenters. The van der Waals surface area contributed by atoms with Gasteiger partial charge in [-0.25, -0.2) is 0 Å². The highest BCUT2D eigenvalue weighted by molar-refractivity contribution is 5.14. The van der Waals surface area contributed by atoms with Gasteiger partial charge in [0.15, 0.2) is 0 Å². The van der Waals surface area contributed by atoms with E-state index >= 15 is 0 Å². The number of hydrogen-bond acceptors (Lipinski definition) is 2. The first kappa shape index (κ1) is 21.2. The maximum Gasteiger partial charge on any atom is 0.0959 e. The summed E-state index contributed by atoms with van der Waals surface area (Å²) in [5, 5.41) is 9.49. The second-order valence-electron chi connectivity index (χ2n) is 8.32. The molecule has 0 unspecified atom stereocenters. The van der Waals surface area contributed by atoms with Crippen LogP contribution in [-0.2, 0) is 6.54 Å². The summed E-state index contributed by atoms with van der Waals surface area (Å²) in [6.07, 6.45) is 12.1. The van der Waals surface area contributed by atoms with Crippen LogP contribution in [0, 0.1) is 5.41 Å². The molecule has 1 N–H and O–H groups in total. The first-order valence-electron chi connectivity index (χ1n) is 9.88. The van der Waals surface area contributed by atoms with Crippen molar-refractivity contribution in [2.45, 2.75) is 85.1 Å². The molecule has 1 aromatic carbocycles. The first-order chi connectivity index (χ1) is 11.5. The Bertz CT molecular complexity index is 396. The average Bonchev–Trinajstić information content (AvgIpc) is 2.55. The second-order valence-corrected chi connectivity index (χ2v) is 8.32. The van der Waals surface area contributed by atoms with E-state index < -0.39 is 0 Å². The Kier molecular flexibility index (Phi) is 11.0. The maximum absolute atomic E-state index is 9.49. The van der Waals surface area contributed by atoms with Gasteiger partial charge >= 0.3 is 0 Å². The molecule has 24 heavy (non-hydrogen) atoms. The predicted octanol–water partition coefficient (Wildman–Crippen LogP) is 6.00. The van der Waals surface area contributed by atoms with Gasteiger partial charge in [0.25, 0.3) is 0 Å². The third-order valence-corrected chi connectivity index (χ3v) is 4.60. The minimum absolute atomic E-state index is 0.155. The molecule has 0 amide bonds. The Morgan fingerprint density at radius 1 is 0.792 bits per heavy atom. The predicted molar refractivity (Wildman–Crippen MR) is 105 cm³/mol. The quantitative estimate of drug-likeness (QED) is 0.354. The van der Waals surface area contributed by atoms with Gasteiger partial charge in [0.2, 0.25) is 0 Å². The van der Waals surface area contributed by atoms with Crippen molar-refractivity contribution in [3.8, 4) is 0 Å². The van der Waals surface area contributed by atoms with Crippen molar-refractivity contribution in [3.05, 3.63) is 35.9 Å². The van der Waals surface area contributed by atoms with Crippen LogP contribution in [0.15, 0.2) is 30.3 Å². The molecule has 0 aliphatic carbocycles. The Labute approximate surface area is 150 Å². The monoisotopic (exact) mass is 333 g/mol. The standard InChI is InChI=1S/C22H39NO/c1-22(2,3)17-13-8-6-4-5-7-9-14-18-23(20-24)19-21-15-11-10-12-16-21/h10-12,15-16,24H,4-9,13-14,17-20H2,1-3H3. The highest BCUT2D eigenvalue weighted by Gasteiger charge is 2.08. The average molecular weight is 334 g/mol. The van der Waals surface area contributed by atoms with E-state index in [0.717, 1.165) is 13.1 Å². The molecule has 0 spiro atoms. The van der Waals surface area contributed by atoms with E-state index in [-0.39, 0.29) is 6.73 Å². The maximum atomic E-state index is 9.49. The van der Waals surface area contributed by atoms with E-state index in [1.54, 1.807) is 0 Å². The zero-order chi connectivity index (χ0) is 17.7. The minimum Gasteiger partial charge on any atom is -0.381 e. The molecule has 2 heteroatoms. The van der Waals surface area contributed by atoms with Crippen molar-refractivity contribution in [3.63, 3.8) is 0 Å². The molecule has 0 heterocycles. The van der Waals surface area contributed by atoms with Gasteiger partial charge in [-0.05, 0) is 23.8 Å². The van der Waals surface area contributed by atoms with Gasteiger partial charge in [-0.15, -0.1) is 0 Å². The van der Waals surface area contributed by atoms with E-state index in [2.05, 4.69) is 49.9 Å². The summed E-state index contributed by atoms with van der Waals surface area (Å²) >= 11 is 0. The molecule has 138 valence electrons. The summed E-state index contributed by atoms with van der Waals surface area (Å²) in [4.78, 5) is 2.13. The molecule has 0 fully saturated rings. The highest BCUT2D eigenvalue weighted by Crippen LogP contribution is 2.22. The van der Waals surface area contributed by atoms with E-state index in [9.17, 15) is 5.11 Å². The van der Waals surface area contributed by atoms with Crippen LogP contribution in [0.4, 0.5) is 0 Å². The van der Waals surface area contributed by atoms with Crippen LogP contribution >= 0.6 is 0 Å². The normalized spacial score (nSPS) is 12.0. The Morgan fingerprint density at radius 3 is 1.88 bits per heavy atom.